The second-order valence-electron chi connectivity index (χ2n) is 2.59. The molecule has 2 heterocycles. The molecule has 2 nitrogen and oxygen atoms in total. The zero-order valence-electron chi connectivity index (χ0n) is 6.12. The fourth-order valence-electron chi connectivity index (χ4n) is 1.38. The molecule has 0 amide bonds. The van der Waals surface area contributed by atoms with E-state index in [4.69, 9.17) is 9.84 Å². The Morgan fingerprint density at radius 1 is 1.73 bits per heavy atom. The summed E-state index contributed by atoms with van der Waals surface area (Å²) >= 11 is 1.75. The molecule has 1 aromatic rings. The maximum Gasteiger partial charge on any atom is 0.107 e. The largest absolute Gasteiger partial charge is 0.393 e. The van der Waals surface area contributed by atoms with Gasteiger partial charge >= 0.3 is 0 Å². The molecule has 0 bridgehead atoms. The van der Waals surface area contributed by atoms with Gasteiger partial charge in [-0.05, 0) is 17.0 Å². The second kappa shape index (κ2) is 2.93. The molecule has 1 aliphatic heterocycles. The fraction of sp³-hybridized carbons (Fsp3) is 0.500. The van der Waals surface area contributed by atoms with Gasteiger partial charge in [0.05, 0.1) is 13.2 Å². The average Bonchev–Trinajstić information content (AvgIpc) is 2.50. The van der Waals surface area contributed by atoms with Crippen LogP contribution >= 0.6 is 11.3 Å². The Kier molecular flexibility index (Phi) is 1.94. The average molecular weight is 170 g/mol. The van der Waals surface area contributed by atoms with Crippen molar-refractivity contribution in [3.63, 3.8) is 0 Å². The SMILES string of the molecule is OC[C@H]1OCCc2sccc21. The van der Waals surface area contributed by atoms with Gasteiger partial charge in [0.25, 0.3) is 0 Å². The quantitative estimate of drug-likeness (QED) is 0.689. The van der Waals surface area contributed by atoms with Crippen molar-refractivity contribution < 1.29 is 9.84 Å². The summed E-state index contributed by atoms with van der Waals surface area (Å²) in [7, 11) is 0. The molecule has 11 heavy (non-hydrogen) atoms. The Bertz CT molecular complexity index is 244. The first-order valence-electron chi connectivity index (χ1n) is 3.70. The number of rotatable bonds is 1. The van der Waals surface area contributed by atoms with E-state index >= 15 is 0 Å². The van der Waals surface area contributed by atoms with Gasteiger partial charge in [0, 0.05) is 11.3 Å². The zero-order chi connectivity index (χ0) is 7.68. The third kappa shape index (κ3) is 1.20. The maximum absolute atomic E-state index is 8.94. The highest BCUT2D eigenvalue weighted by atomic mass is 32.1. The summed E-state index contributed by atoms with van der Waals surface area (Å²) in [5, 5.41) is 11.0. The van der Waals surface area contributed by atoms with Crippen molar-refractivity contribution >= 4 is 11.3 Å². The normalized spacial score (nSPS) is 23.2. The summed E-state index contributed by atoms with van der Waals surface area (Å²) < 4.78 is 5.37. The van der Waals surface area contributed by atoms with Gasteiger partial charge in [-0.15, -0.1) is 11.3 Å². The van der Waals surface area contributed by atoms with Crippen molar-refractivity contribution in [2.75, 3.05) is 13.2 Å². The standard InChI is InChI=1S/C8H10O2S/c9-5-7-6-2-4-11-8(6)1-3-10-7/h2,4,7,9H,1,3,5H2/t7-/m1/s1. The van der Waals surface area contributed by atoms with Crippen LogP contribution in [0.2, 0.25) is 0 Å². The number of hydrogen-bond acceptors (Lipinski definition) is 3. The number of aliphatic hydroxyl groups excluding tert-OH is 1. The number of hydrogen-bond donors (Lipinski definition) is 1. The van der Waals surface area contributed by atoms with Crippen molar-refractivity contribution in [3.05, 3.63) is 21.9 Å². The summed E-state index contributed by atoms with van der Waals surface area (Å²) in [6, 6.07) is 2.04. The van der Waals surface area contributed by atoms with Crippen LogP contribution in [0.4, 0.5) is 0 Å². The molecular weight excluding hydrogens is 160 g/mol. The molecule has 0 saturated carbocycles. The van der Waals surface area contributed by atoms with Crippen LogP contribution in [0.3, 0.4) is 0 Å². The smallest absolute Gasteiger partial charge is 0.107 e. The van der Waals surface area contributed by atoms with E-state index in [9.17, 15) is 0 Å². The summed E-state index contributed by atoms with van der Waals surface area (Å²) in [5.74, 6) is 0. The van der Waals surface area contributed by atoms with Crippen molar-refractivity contribution in [2.45, 2.75) is 12.5 Å². The van der Waals surface area contributed by atoms with E-state index in [0.717, 1.165) is 13.0 Å². The molecule has 0 fully saturated rings. The lowest BCUT2D eigenvalue weighted by Crippen LogP contribution is -2.16. The van der Waals surface area contributed by atoms with Crippen molar-refractivity contribution in [2.24, 2.45) is 0 Å². The lowest BCUT2D eigenvalue weighted by atomic mass is 10.1. The first-order valence-corrected chi connectivity index (χ1v) is 4.58. The number of thiophene rings is 1. The molecule has 1 aliphatic rings. The Morgan fingerprint density at radius 3 is 3.45 bits per heavy atom. The van der Waals surface area contributed by atoms with E-state index in [2.05, 4.69) is 5.38 Å². The predicted octanol–water partition coefficient (Wildman–Crippen LogP) is 1.35. The van der Waals surface area contributed by atoms with E-state index in [1.54, 1.807) is 11.3 Å². The number of fused-ring (bicyclic) bond motifs is 1. The lowest BCUT2D eigenvalue weighted by molar-refractivity contribution is 0.00421. The van der Waals surface area contributed by atoms with Gasteiger partial charge in [0.1, 0.15) is 6.10 Å². The number of aliphatic hydroxyl groups is 1. The Morgan fingerprint density at radius 2 is 2.64 bits per heavy atom. The van der Waals surface area contributed by atoms with Crippen LogP contribution in [-0.4, -0.2) is 18.3 Å². The van der Waals surface area contributed by atoms with Crippen LogP contribution in [0.25, 0.3) is 0 Å². The Hall–Kier alpha value is -0.380. The minimum Gasteiger partial charge on any atom is -0.393 e. The highest BCUT2D eigenvalue weighted by molar-refractivity contribution is 7.10. The Balaban J connectivity index is 2.32. The zero-order valence-corrected chi connectivity index (χ0v) is 6.93. The second-order valence-corrected chi connectivity index (χ2v) is 3.59. The van der Waals surface area contributed by atoms with Gasteiger partial charge < -0.3 is 9.84 Å². The third-order valence-corrected chi connectivity index (χ3v) is 2.94. The van der Waals surface area contributed by atoms with E-state index in [0.29, 0.717) is 0 Å². The van der Waals surface area contributed by atoms with E-state index in [1.807, 2.05) is 6.07 Å². The van der Waals surface area contributed by atoms with Crippen molar-refractivity contribution in [1.82, 2.24) is 0 Å². The van der Waals surface area contributed by atoms with Crippen LogP contribution in [0.5, 0.6) is 0 Å². The minimum absolute atomic E-state index is 0.0648. The van der Waals surface area contributed by atoms with Crippen LogP contribution in [0.1, 0.15) is 16.5 Å². The molecule has 0 saturated heterocycles. The minimum atomic E-state index is -0.0648. The topological polar surface area (TPSA) is 29.5 Å². The highest BCUT2D eigenvalue weighted by Crippen LogP contribution is 2.30. The van der Waals surface area contributed by atoms with Crippen LogP contribution < -0.4 is 0 Å². The molecule has 0 radical (unpaired) electrons. The summed E-state index contributed by atoms with van der Waals surface area (Å²) in [4.78, 5) is 1.37. The molecule has 0 unspecified atom stereocenters. The molecule has 3 heteroatoms. The van der Waals surface area contributed by atoms with Crippen molar-refractivity contribution in [3.8, 4) is 0 Å². The molecule has 1 N–H and O–H groups in total. The monoisotopic (exact) mass is 170 g/mol. The van der Waals surface area contributed by atoms with Crippen LogP contribution in [0, 0.1) is 0 Å². The molecule has 1 atom stereocenters. The van der Waals surface area contributed by atoms with Gasteiger partial charge in [-0.25, -0.2) is 0 Å². The fourth-order valence-corrected chi connectivity index (χ4v) is 2.29. The third-order valence-electron chi connectivity index (χ3n) is 1.94. The van der Waals surface area contributed by atoms with Gasteiger partial charge in [0.15, 0.2) is 0 Å². The molecule has 0 spiro atoms. The Labute approximate surface area is 69.4 Å². The number of ether oxygens (including phenoxy) is 1. The van der Waals surface area contributed by atoms with Crippen molar-refractivity contribution in [1.29, 1.82) is 0 Å². The molecule has 2 rings (SSSR count). The van der Waals surface area contributed by atoms with Crippen LogP contribution in [0.15, 0.2) is 11.4 Å². The van der Waals surface area contributed by atoms with Gasteiger partial charge in [0.2, 0.25) is 0 Å². The molecule has 1 aromatic heterocycles. The van der Waals surface area contributed by atoms with E-state index in [1.165, 1.54) is 10.4 Å². The van der Waals surface area contributed by atoms with Crippen LogP contribution in [-0.2, 0) is 11.2 Å². The molecule has 0 aliphatic carbocycles. The van der Waals surface area contributed by atoms with Gasteiger partial charge in [-0.1, -0.05) is 0 Å². The molecule has 60 valence electrons. The van der Waals surface area contributed by atoms with Gasteiger partial charge in [-0.2, -0.15) is 0 Å². The summed E-state index contributed by atoms with van der Waals surface area (Å²) in [6.45, 7) is 0.850. The highest BCUT2D eigenvalue weighted by Gasteiger charge is 2.20. The van der Waals surface area contributed by atoms with E-state index < -0.39 is 0 Å². The van der Waals surface area contributed by atoms with Gasteiger partial charge in [-0.3, -0.25) is 0 Å². The lowest BCUT2D eigenvalue weighted by Gasteiger charge is -2.20. The summed E-state index contributed by atoms with van der Waals surface area (Å²) in [5.41, 5.74) is 1.18. The predicted molar refractivity (Wildman–Crippen MR) is 43.8 cm³/mol. The maximum atomic E-state index is 8.94. The summed E-state index contributed by atoms with van der Waals surface area (Å²) in [6.07, 6.45) is 0.939. The first-order chi connectivity index (χ1) is 5.42. The van der Waals surface area contributed by atoms with E-state index in [-0.39, 0.29) is 12.7 Å². The first kappa shape index (κ1) is 7.28. The molecular formula is C8H10O2S. The molecule has 0 aromatic carbocycles.